The lowest BCUT2D eigenvalue weighted by atomic mass is 9.86. The number of carbonyl (C=O) groups excluding carboxylic acids is 1. The van der Waals surface area contributed by atoms with E-state index in [0.29, 0.717) is 12.8 Å². The van der Waals surface area contributed by atoms with E-state index in [1.54, 1.807) is 6.20 Å². The maximum Gasteiger partial charge on any atom is 0.163 e. The van der Waals surface area contributed by atoms with Gasteiger partial charge in [0.15, 0.2) is 5.78 Å². The molecule has 0 atom stereocenters. The summed E-state index contributed by atoms with van der Waals surface area (Å²) in [5.41, 5.74) is 2.15. The van der Waals surface area contributed by atoms with E-state index in [1.165, 1.54) is 5.56 Å². The highest BCUT2D eigenvalue weighted by atomic mass is 16.1. The number of rotatable bonds is 4. The van der Waals surface area contributed by atoms with Crippen LogP contribution in [0.25, 0.3) is 0 Å². The fourth-order valence-electron chi connectivity index (χ4n) is 2.16. The van der Waals surface area contributed by atoms with Gasteiger partial charge >= 0.3 is 0 Å². The summed E-state index contributed by atoms with van der Waals surface area (Å²) >= 11 is 0. The molecule has 0 spiro atoms. The van der Waals surface area contributed by atoms with Gasteiger partial charge in [-0.3, -0.25) is 4.79 Å². The van der Waals surface area contributed by atoms with E-state index in [4.69, 9.17) is 0 Å². The zero-order valence-electron chi connectivity index (χ0n) is 12.7. The van der Waals surface area contributed by atoms with Crippen LogP contribution < -0.4 is 0 Å². The predicted molar refractivity (Wildman–Crippen MR) is 81.0 cm³/mol. The smallest absolute Gasteiger partial charge is 0.163 e. The summed E-state index contributed by atoms with van der Waals surface area (Å²) in [6.45, 7) is 6.51. The Balaban J connectivity index is 2.01. The monoisotopic (exact) mass is 270 g/mol. The minimum Gasteiger partial charge on any atom is -0.338 e. The second-order valence-corrected chi connectivity index (χ2v) is 6.20. The van der Waals surface area contributed by atoms with Gasteiger partial charge in [0.1, 0.15) is 5.82 Å². The molecule has 1 aromatic carbocycles. The van der Waals surface area contributed by atoms with E-state index in [-0.39, 0.29) is 11.2 Å². The number of hydrogen-bond acceptors (Lipinski definition) is 2. The molecule has 0 saturated carbocycles. The van der Waals surface area contributed by atoms with Crippen LogP contribution in [0.5, 0.6) is 0 Å². The molecule has 0 unspecified atom stereocenters. The number of hydrogen-bond donors (Lipinski definition) is 0. The van der Waals surface area contributed by atoms with E-state index in [1.807, 2.05) is 42.1 Å². The molecule has 0 amide bonds. The van der Waals surface area contributed by atoms with Gasteiger partial charge < -0.3 is 4.57 Å². The summed E-state index contributed by atoms with van der Waals surface area (Å²) in [6, 6.07) is 7.96. The summed E-state index contributed by atoms with van der Waals surface area (Å²) in [5, 5.41) is 0. The van der Waals surface area contributed by atoms with Crippen LogP contribution in [0.2, 0.25) is 0 Å². The normalized spacial score (nSPS) is 11.6. The Kier molecular flexibility index (Phi) is 4.07. The largest absolute Gasteiger partial charge is 0.338 e. The first-order valence-corrected chi connectivity index (χ1v) is 6.98. The third-order valence-electron chi connectivity index (χ3n) is 3.57. The van der Waals surface area contributed by atoms with Crippen LogP contribution in [0.4, 0.5) is 0 Å². The highest BCUT2D eigenvalue weighted by molar-refractivity contribution is 5.96. The van der Waals surface area contributed by atoms with Crippen molar-refractivity contribution >= 4 is 5.78 Å². The van der Waals surface area contributed by atoms with Crippen LogP contribution in [0, 0.1) is 0 Å². The molecule has 1 aromatic heterocycles. The summed E-state index contributed by atoms with van der Waals surface area (Å²) < 4.78 is 1.95. The minimum absolute atomic E-state index is 0.120. The zero-order valence-corrected chi connectivity index (χ0v) is 12.7. The molecule has 1 heterocycles. The van der Waals surface area contributed by atoms with Crippen molar-refractivity contribution in [3.8, 4) is 0 Å². The van der Waals surface area contributed by atoms with Gasteiger partial charge in [-0.05, 0) is 11.0 Å². The Labute approximate surface area is 120 Å². The summed E-state index contributed by atoms with van der Waals surface area (Å²) in [6.07, 6.45) is 4.85. The zero-order chi connectivity index (χ0) is 14.8. The molecular formula is C17H22N2O. The van der Waals surface area contributed by atoms with Gasteiger partial charge in [0.2, 0.25) is 0 Å². The number of carbonyl (C=O) groups is 1. The van der Waals surface area contributed by atoms with Gasteiger partial charge in [-0.1, -0.05) is 45.0 Å². The molecule has 0 aliphatic rings. The topological polar surface area (TPSA) is 34.9 Å². The van der Waals surface area contributed by atoms with Crippen molar-refractivity contribution in [3.63, 3.8) is 0 Å². The molecule has 0 fully saturated rings. The molecule has 0 aliphatic heterocycles. The molecule has 20 heavy (non-hydrogen) atoms. The lowest BCUT2D eigenvalue weighted by molar-refractivity contribution is 0.0982. The minimum atomic E-state index is 0.120. The molecule has 3 heteroatoms. The summed E-state index contributed by atoms with van der Waals surface area (Å²) in [5.74, 6) is 1.12. The van der Waals surface area contributed by atoms with E-state index in [9.17, 15) is 4.79 Å². The Hall–Kier alpha value is -1.90. The van der Waals surface area contributed by atoms with Gasteiger partial charge in [0.05, 0.1) is 0 Å². The van der Waals surface area contributed by atoms with Crippen LogP contribution in [0.15, 0.2) is 36.7 Å². The number of imidazole rings is 1. The number of benzene rings is 1. The maximum absolute atomic E-state index is 12.2. The molecule has 3 nitrogen and oxygen atoms in total. The van der Waals surface area contributed by atoms with Gasteiger partial charge in [-0.25, -0.2) is 4.98 Å². The van der Waals surface area contributed by atoms with E-state index >= 15 is 0 Å². The Bertz CT molecular complexity index is 588. The van der Waals surface area contributed by atoms with E-state index in [2.05, 4.69) is 25.8 Å². The quantitative estimate of drug-likeness (QED) is 0.797. The second kappa shape index (κ2) is 5.61. The maximum atomic E-state index is 12.2. The molecule has 0 aliphatic carbocycles. The molecule has 0 saturated heterocycles. The fourth-order valence-corrected chi connectivity index (χ4v) is 2.16. The van der Waals surface area contributed by atoms with Gasteiger partial charge in [-0.15, -0.1) is 0 Å². The van der Waals surface area contributed by atoms with Crippen molar-refractivity contribution in [1.82, 2.24) is 9.55 Å². The van der Waals surface area contributed by atoms with Crippen molar-refractivity contribution < 1.29 is 4.79 Å². The van der Waals surface area contributed by atoms with Crippen LogP contribution in [-0.2, 0) is 18.9 Å². The fraction of sp³-hybridized carbons (Fsp3) is 0.412. The van der Waals surface area contributed by atoms with E-state index < -0.39 is 0 Å². The highest BCUT2D eigenvalue weighted by Crippen LogP contribution is 2.22. The Morgan fingerprint density at radius 3 is 2.35 bits per heavy atom. The SMILES string of the molecule is Cn1ccnc1CCC(=O)c1ccc(C(C)(C)C)cc1. The van der Waals surface area contributed by atoms with Gasteiger partial charge in [0, 0.05) is 37.8 Å². The van der Waals surface area contributed by atoms with Crippen LogP contribution in [0.1, 0.15) is 48.9 Å². The molecule has 2 aromatic rings. The van der Waals surface area contributed by atoms with Crippen molar-refractivity contribution in [2.75, 3.05) is 0 Å². The Morgan fingerprint density at radius 1 is 1.20 bits per heavy atom. The molecule has 0 radical (unpaired) electrons. The lowest BCUT2D eigenvalue weighted by Gasteiger charge is -2.18. The molecule has 2 rings (SSSR count). The summed E-state index contributed by atoms with van der Waals surface area (Å²) in [7, 11) is 1.95. The Morgan fingerprint density at radius 2 is 1.85 bits per heavy atom. The van der Waals surface area contributed by atoms with Crippen molar-refractivity contribution in [2.45, 2.75) is 39.0 Å². The lowest BCUT2D eigenvalue weighted by Crippen LogP contribution is -2.11. The first-order chi connectivity index (χ1) is 9.38. The standard InChI is InChI=1S/C17H22N2O/c1-17(2,3)14-7-5-13(6-8-14)15(20)9-10-16-18-11-12-19(16)4/h5-8,11-12H,9-10H2,1-4H3. The van der Waals surface area contributed by atoms with Crippen molar-refractivity contribution in [2.24, 2.45) is 7.05 Å². The van der Waals surface area contributed by atoms with E-state index in [0.717, 1.165) is 11.4 Å². The molecule has 0 N–H and O–H groups in total. The average Bonchev–Trinajstić information content (AvgIpc) is 2.81. The number of nitrogens with zero attached hydrogens (tertiary/aromatic N) is 2. The molecule has 0 bridgehead atoms. The molecule has 106 valence electrons. The van der Waals surface area contributed by atoms with Gasteiger partial charge in [0.25, 0.3) is 0 Å². The number of ketones is 1. The first kappa shape index (κ1) is 14.5. The summed E-state index contributed by atoms with van der Waals surface area (Å²) in [4.78, 5) is 16.4. The van der Waals surface area contributed by atoms with Crippen LogP contribution in [0.3, 0.4) is 0 Å². The van der Waals surface area contributed by atoms with Crippen LogP contribution in [-0.4, -0.2) is 15.3 Å². The number of aromatic nitrogens is 2. The highest BCUT2D eigenvalue weighted by Gasteiger charge is 2.14. The molecular weight excluding hydrogens is 248 g/mol. The third-order valence-corrected chi connectivity index (χ3v) is 3.57. The number of Topliss-reactive ketones (excluding diaryl/α,β-unsaturated/α-hetero) is 1. The average molecular weight is 270 g/mol. The first-order valence-electron chi connectivity index (χ1n) is 6.98. The number of aryl methyl sites for hydroxylation is 2. The predicted octanol–water partition coefficient (Wildman–Crippen LogP) is 3.53. The second-order valence-electron chi connectivity index (χ2n) is 6.20. The van der Waals surface area contributed by atoms with Crippen LogP contribution >= 0.6 is 0 Å². The third kappa shape index (κ3) is 3.35. The van der Waals surface area contributed by atoms with Gasteiger partial charge in [-0.2, -0.15) is 0 Å². The van der Waals surface area contributed by atoms with Crippen molar-refractivity contribution in [1.29, 1.82) is 0 Å². The van der Waals surface area contributed by atoms with Crippen molar-refractivity contribution in [3.05, 3.63) is 53.6 Å².